The van der Waals surface area contributed by atoms with Crippen LogP contribution in [0.25, 0.3) is 16.9 Å². The van der Waals surface area contributed by atoms with Gasteiger partial charge in [0.1, 0.15) is 5.75 Å². The van der Waals surface area contributed by atoms with Crippen LogP contribution in [0.1, 0.15) is 11.1 Å². The molecule has 1 aromatic heterocycles. The molecule has 0 saturated carbocycles. The average Bonchev–Trinajstić information content (AvgIpc) is 3.29. The average molecular weight is 451 g/mol. The Bertz CT molecular complexity index is 1210. The van der Waals surface area contributed by atoms with Crippen molar-refractivity contribution in [3.63, 3.8) is 0 Å². The molecule has 0 aliphatic carbocycles. The van der Waals surface area contributed by atoms with E-state index >= 15 is 0 Å². The van der Waals surface area contributed by atoms with Gasteiger partial charge in [0.15, 0.2) is 6.10 Å². The maximum absolute atomic E-state index is 12.9. The highest BCUT2D eigenvalue weighted by Gasteiger charge is 2.30. The highest BCUT2D eigenvalue weighted by atomic mass is 19.4. The van der Waals surface area contributed by atoms with E-state index in [2.05, 4.69) is 0 Å². The summed E-state index contributed by atoms with van der Waals surface area (Å²) in [7, 11) is 0. The number of aromatic nitrogens is 1. The van der Waals surface area contributed by atoms with Gasteiger partial charge in [-0.15, -0.1) is 0 Å². The van der Waals surface area contributed by atoms with Crippen molar-refractivity contribution in [2.45, 2.75) is 18.7 Å². The number of benzene rings is 3. The van der Waals surface area contributed by atoms with E-state index in [0.29, 0.717) is 11.4 Å². The molecule has 1 heterocycles. The maximum Gasteiger partial charge on any atom is 0.416 e. The summed E-state index contributed by atoms with van der Waals surface area (Å²) in [5, 5.41) is 9.53. The number of alkyl halides is 3. The van der Waals surface area contributed by atoms with Crippen LogP contribution in [0.2, 0.25) is 0 Å². The van der Waals surface area contributed by atoms with E-state index in [0.717, 1.165) is 29.0 Å². The van der Waals surface area contributed by atoms with Gasteiger partial charge in [0.05, 0.1) is 11.3 Å². The Kier molecular flexibility index (Phi) is 6.22. The van der Waals surface area contributed by atoms with Crippen LogP contribution in [0.5, 0.6) is 5.75 Å². The van der Waals surface area contributed by atoms with Crippen LogP contribution in [-0.4, -0.2) is 21.7 Å². The van der Waals surface area contributed by atoms with E-state index in [1.807, 2.05) is 36.4 Å². The van der Waals surface area contributed by atoms with Gasteiger partial charge < -0.3 is 14.4 Å². The molecule has 0 radical (unpaired) electrons. The highest BCUT2D eigenvalue weighted by Crippen LogP contribution is 2.31. The molecule has 0 unspecified atom stereocenters. The van der Waals surface area contributed by atoms with Gasteiger partial charge in [-0.3, -0.25) is 0 Å². The van der Waals surface area contributed by atoms with Crippen molar-refractivity contribution in [3.8, 4) is 22.7 Å². The number of ether oxygens (including phenoxy) is 1. The van der Waals surface area contributed by atoms with E-state index in [1.165, 1.54) is 12.1 Å². The summed E-state index contributed by atoms with van der Waals surface area (Å²) in [6.07, 6.45) is -3.42. The third-order valence-electron chi connectivity index (χ3n) is 5.19. The molecule has 168 valence electrons. The van der Waals surface area contributed by atoms with Gasteiger partial charge in [0, 0.05) is 18.3 Å². The Labute approximate surface area is 188 Å². The zero-order valence-electron chi connectivity index (χ0n) is 17.4. The summed E-state index contributed by atoms with van der Waals surface area (Å²) in [6.45, 7) is 0. The van der Waals surface area contributed by atoms with E-state index < -0.39 is 23.8 Å². The van der Waals surface area contributed by atoms with Crippen molar-refractivity contribution in [2.24, 2.45) is 0 Å². The van der Waals surface area contributed by atoms with E-state index in [1.54, 1.807) is 41.1 Å². The summed E-state index contributed by atoms with van der Waals surface area (Å²) in [5.41, 5.74) is 2.33. The van der Waals surface area contributed by atoms with Crippen molar-refractivity contribution in [1.82, 2.24) is 4.57 Å². The van der Waals surface area contributed by atoms with Crippen LogP contribution in [0.4, 0.5) is 13.2 Å². The fourth-order valence-electron chi connectivity index (χ4n) is 3.53. The van der Waals surface area contributed by atoms with Gasteiger partial charge in [-0.05, 0) is 71.8 Å². The summed E-state index contributed by atoms with van der Waals surface area (Å²) in [5.74, 6) is -0.645. The van der Waals surface area contributed by atoms with Gasteiger partial charge in [-0.1, -0.05) is 30.3 Å². The van der Waals surface area contributed by atoms with Crippen LogP contribution < -0.4 is 4.74 Å². The summed E-state index contributed by atoms with van der Waals surface area (Å²) >= 11 is 0. The smallest absolute Gasteiger partial charge is 0.416 e. The summed E-state index contributed by atoms with van der Waals surface area (Å²) in [6, 6.07) is 24.8. The van der Waals surface area contributed by atoms with Crippen LogP contribution in [0.3, 0.4) is 0 Å². The number of carboxylic acids is 1. The molecule has 7 heteroatoms. The third-order valence-corrected chi connectivity index (χ3v) is 5.19. The molecule has 0 saturated heterocycles. The number of hydrogen-bond acceptors (Lipinski definition) is 2. The van der Waals surface area contributed by atoms with Crippen molar-refractivity contribution in [1.29, 1.82) is 0 Å². The number of halogens is 3. The summed E-state index contributed by atoms with van der Waals surface area (Å²) < 4.78 is 46.0. The quantitative estimate of drug-likeness (QED) is 0.362. The second-order valence-corrected chi connectivity index (χ2v) is 7.47. The van der Waals surface area contributed by atoms with Gasteiger partial charge in [-0.25, -0.2) is 4.79 Å². The number of rotatable bonds is 7. The van der Waals surface area contributed by atoms with Gasteiger partial charge in [0.25, 0.3) is 0 Å². The SMILES string of the molecule is O=C(O)[C@@H](Cc1ccccc1)Oc1ccc(-c2cccn2-c2ccc(C(F)(F)F)cc2)cc1. The zero-order valence-corrected chi connectivity index (χ0v) is 17.4. The van der Waals surface area contributed by atoms with Crippen LogP contribution >= 0.6 is 0 Å². The maximum atomic E-state index is 12.9. The van der Waals surface area contributed by atoms with Crippen molar-refractivity contribution in [3.05, 3.63) is 108 Å². The van der Waals surface area contributed by atoms with Crippen molar-refractivity contribution < 1.29 is 27.8 Å². The van der Waals surface area contributed by atoms with Gasteiger partial charge in [-0.2, -0.15) is 13.2 Å². The number of hydrogen-bond donors (Lipinski definition) is 1. The second-order valence-electron chi connectivity index (χ2n) is 7.47. The number of nitrogens with zero attached hydrogens (tertiary/aromatic N) is 1. The first-order valence-corrected chi connectivity index (χ1v) is 10.2. The molecule has 1 N–H and O–H groups in total. The molecular formula is C26H20F3NO3. The Hall–Kier alpha value is -4.00. The predicted molar refractivity (Wildman–Crippen MR) is 118 cm³/mol. The normalized spacial score (nSPS) is 12.3. The molecule has 4 aromatic rings. The number of carboxylic acid groups (broad SMARTS) is 1. The molecule has 3 aromatic carbocycles. The van der Waals surface area contributed by atoms with E-state index in [-0.39, 0.29) is 6.42 Å². The van der Waals surface area contributed by atoms with Crippen LogP contribution in [0, 0.1) is 0 Å². The fraction of sp³-hybridized carbons (Fsp3) is 0.115. The lowest BCUT2D eigenvalue weighted by Crippen LogP contribution is -2.29. The Morgan fingerprint density at radius 1 is 0.879 bits per heavy atom. The monoisotopic (exact) mass is 451 g/mol. The Morgan fingerprint density at radius 2 is 1.55 bits per heavy atom. The fourth-order valence-corrected chi connectivity index (χ4v) is 3.53. The van der Waals surface area contributed by atoms with Crippen molar-refractivity contribution >= 4 is 5.97 Å². The number of carbonyl (C=O) groups is 1. The van der Waals surface area contributed by atoms with Crippen LogP contribution in [0.15, 0.2) is 97.2 Å². The largest absolute Gasteiger partial charge is 0.478 e. The minimum atomic E-state index is -4.39. The first-order valence-electron chi connectivity index (χ1n) is 10.2. The highest BCUT2D eigenvalue weighted by molar-refractivity contribution is 5.73. The molecule has 0 bridgehead atoms. The van der Waals surface area contributed by atoms with E-state index in [9.17, 15) is 23.1 Å². The summed E-state index contributed by atoms with van der Waals surface area (Å²) in [4.78, 5) is 11.7. The molecule has 0 spiro atoms. The zero-order chi connectivity index (χ0) is 23.4. The molecular weight excluding hydrogens is 431 g/mol. The molecule has 0 aliphatic heterocycles. The van der Waals surface area contributed by atoms with Gasteiger partial charge >= 0.3 is 12.1 Å². The number of aliphatic carboxylic acids is 1. The lowest BCUT2D eigenvalue weighted by Gasteiger charge is -2.16. The molecule has 4 nitrogen and oxygen atoms in total. The minimum absolute atomic E-state index is 0.231. The molecule has 1 atom stereocenters. The minimum Gasteiger partial charge on any atom is -0.478 e. The van der Waals surface area contributed by atoms with Crippen molar-refractivity contribution in [2.75, 3.05) is 0 Å². The molecule has 0 amide bonds. The Morgan fingerprint density at radius 3 is 2.15 bits per heavy atom. The lowest BCUT2D eigenvalue weighted by molar-refractivity contribution is -0.145. The first-order chi connectivity index (χ1) is 15.8. The Balaban J connectivity index is 1.52. The molecule has 4 rings (SSSR count). The third kappa shape index (κ3) is 5.26. The van der Waals surface area contributed by atoms with E-state index in [4.69, 9.17) is 4.74 Å². The lowest BCUT2D eigenvalue weighted by atomic mass is 10.1. The topological polar surface area (TPSA) is 51.5 Å². The van der Waals surface area contributed by atoms with Crippen LogP contribution in [-0.2, 0) is 17.4 Å². The second kappa shape index (κ2) is 9.24. The molecule has 33 heavy (non-hydrogen) atoms. The first kappa shape index (κ1) is 22.2. The molecule has 0 fully saturated rings. The van der Waals surface area contributed by atoms with Gasteiger partial charge in [0.2, 0.25) is 0 Å². The predicted octanol–water partition coefficient (Wildman–Crippen LogP) is 6.24. The molecule has 0 aliphatic rings. The standard InChI is InChI=1S/C26H20F3NO3/c27-26(28,29)20-10-12-21(13-11-20)30-16-4-7-23(30)19-8-14-22(15-9-19)33-24(25(31)32)17-18-5-2-1-3-6-18/h1-16,24H,17H2,(H,31,32)/t24-/m1/s1.